The fourth-order valence-electron chi connectivity index (χ4n) is 7.87. The molecular weight excluding hydrogens is 535 g/mol. The molecule has 8 nitrogen and oxygen atoms in total. The fraction of sp³-hybridized carbons (Fsp3) is 0.900. The van der Waals surface area contributed by atoms with E-state index in [-0.39, 0.29) is 72.0 Å². The molecule has 0 spiro atoms. The highest BCUT2D eigenvalue weighted by Gasteiger charge is 2.52. The van der Waals surface area contributed by atoms with Gasteiger partial charge in [-0.2, -0.15) is 0 Å². The van der Waals surface area contributed by atoms with Gasteiger partial charge in [0.2, 0.25) is 5.91 Å². The minimum absolute atomic E-state index is 0.0328. The average molecular weight is 583 g/mol. The Kier molecular flexibility index (Phi) is 9.94. The number of amides is 3. The molecule has 5 rings (SSSR count). The van der Waals surface area contributed by atoms with Crippen LogP contribution < -0.4 is 5.32 Å². The Morgan fingerprint density at radius 2 is 1.75 bits per heavy atom. The van der Waals surface area contributed by atoms with Crippen molar-refractivity contribution < 1.29 is 23.5 Å². The van der Waals surface area contributed by atoms with Crippen molar-refractivity contribution >= 4 is 29.4 Å². The number of methoxy groups -OCH3 is 1. The lowest BCUT2D eigenvalue weighted by atomic mass is 9.74. The van der Waals surface area contributed by atoms with Crippen molar-refractivity contribution in [3.63, 3.8) is 0 Å². The number of carbonyl (C=O) groups excluding carboxylic acids is 2. The zero-order valence-electron chi connectivity index (χ0n) is 24.4. The lowest BCUT2D eigenvalue weighted by molar-refractivity contribution is -0.123. The van der Waals surface area contributed by atoms with Gasteiger partial charge in [-0.05, 0) is 89.9 Å². The third-order valence-corrected chi connectivity index (χ3v) is 10.4. The van der Waals surface area contributed by atoms with Crippen LogP contribution in [0, 0.1) is 17.8 Å². The van der Waals surface area contributed by atoms with Crippen LogP contribution in [0.2, 0.25) is 0 Å². The molecule has 3 amide bonds. The molecule has 1 saturated heterocycles. The predicted octanol–water partition coefficient (Wildman–Crippen LogP) is 4.92. The van der Waals surface area contributed by atoms with Crippen molar-refractivity contribution in [3.8, 4) is 0 Å². The van der Waals surface area contributed by atoms with Gasteiger partial charge in [0.05, 0.1) is 30.4 Å². The van der Waals surface area contributed by atoms with Crippen molar-refractivity contribution in [2.24, 2.45) is 22.7 Å². The molecule has 0 radical (unpaired) electrons. The summed E-state index contributed by atoms with van der Waals surface area (Å²) in [4.78, 5) is 36.0. The van der Waals surface area contributed by atoms with E-state index in [0.717, 1.165) is 63.6 Å². The highest BCUT2D eigenvalue weighted by atomic mass is 35.5. The normalized spacial score (nSPS) is 39.3. The van der Waals surface area contributed by atoms with Crippen LogP contribution in [0.4, 0.5) is 9.18 Å². The maximum absolute atomic E-state index is 14.5. The van der Waals surface area contributed by atoms with Crippen molar-refractivity contribution in [1.29, 1.82) is 0 Å². The number of alkyl halides is 2. The zero-order valence-corrected chi connectivity index (χ0v) is 25.2. The topological polar surface area (TPSA) is 83.5 Å². The van der Waals surface area contributed by atoms with Crippen molar-refractivity contribution in [1.82, 2.24) is 15.1 Å². The van der Waals surface area contributed by atoms with Crippen molar-refractivity contribution in [3.05, 3.63) is 0 Å². The third kappa shape index (κ3) is 6.62. The maximum atomic E-state index is 14.5. The lowest BCUT2D eigenvalue weighted by Gasteiger charge is -2.44. The summed E-state index contributed by atoms with van der Waals surface area (Å²) < 4.78 is 26.5. The monoisotopic (exact) mass is 582 g/mol. The summed E-state index contributed by atoms with van der Waals surface area (Å²) >= 11 is 6.54. The number of piperazine rings is 1. The molecule has 4 fully saturated rings. The van der Waals surface area contributed by atoms with Crippen LogP contribution in [-0.4, -0.2) is 96.3 Å². The molecule has 0 aromatic carbocycles. The quantitative estimate of drug-likeness (QED) is 0.451. The Hall–Kier alpha value is -1.45. The number of hydrogen-bond donors (Lipinski definition) is 1. The largest absolute Gasteiger partial charge is 0.381 e. The van der Waals surface area contributed by atoms with Gasteiger partial charge >= 0.3 is 6.03 Å². The van der Waals surface area contributed by atoms with Crippen LogP contribution in [0.15, 0.2) is 4.99 Å². The Morgan fingerprint density at radius 3 is 2.40 bits per heavy atom. The fourth-order valence-corrected chi connectivity index (χ4v) is 8.12. The summed E-state index contributed by atoms with van der Waals surface area (Å²) in [5.74, 6) is 1.16. The van der Waals surface area contributed by atoms with Crippen molar-refractivity contribution in [2.45, 2.75) is 126 Å². The van der Waals surface area contributed by atoms with Crippen LogP contribution in [-0.2, 0) is 14.3 Å². The Labute approximate surface area is 243 Å². The first-order valence-electron chi connectivity index (χ1n) is 15.6. The molecular formula is C30H48ClFN4O4. The number of aliphatic imine (C=N–C) groups is 1. The van der Waals surface area contributed by atoms with Gasteiger partial charge in [0.1, 0.15) is 18.6 Å². The average Bonchev–Trinajstić information content (AvgIpc) is 3.33. The molecule has 10 heteroatoms. The van der Waals surface area contributed by atoms with Gasteiger partial charge in [0.25, 0.3) is 0 Å². The van der Waals surface area contributed by atoms with Gasteiger partial charge in [-0.3, -0.25) is 14.7 Å². The SMILES string of the molecule is COC1CCC(C2=NC(C3CCC(F)CC3)C(C3CCC(Cl)CC3)N2C(=O)N2CCNC(=O)C2)C(OC(C)C)C1. The molecule has 1 N–H and O–H groups in total. The second-order valence-electron chi connectivity index (χ2n) is 12.9. The van der Waals surface area contributed by atoms with E-state index in [9.17, 15) is 14.0 Å². The minimum Gasteiger partial charge on any atom is -0.381 e. The highest BCUT2D eigenvalue weighted by Crippen LogP contribution is 2.45. The Balaban J connectivity index is 1.53. The van der Waals surface area contributed by atoms with Gasteiger partial charge < -0.3 is 19.7 Å². The summed E-state index contributed by atoms with van der Waals surface area (Å²) in [6, 6.07) is -0.287. The van der Waals surface area contributed by atoms with Gasteiger partial charge in [-0.25, -0.2) is 9.18 Å². The number of nitrogens with one attached hydrogen (secondary N) is 1. The van der Waals surface area contributed by atoms with Crippen LogP contribution in [0.25, 0.3) is 0 Å². The molecule has 0 aromatic rings. The number of hydrogen-bond acceptors (Lipinski definition) is 5. The summed E-state index contributed by atoms with van der Waals surface area (Å²) in [5.41, 5.74) is 0. The molecule has 0 aromatic heterocycles. The predicted molar refractivity (Wildman–Crippen MR) is 153 cm³/mol. The molecule has 3 saturated carbocycles. The second kappa shape index (κ2) is 13.2. The van der Waals surface area contributed by atoms with Crippen LogP contribution in [0.5, 0.6) is 0 Å². The minimum atomic E-state index is -0.746. The second-order valence-corrected chi connectivity index (χ2v) is 13.5. The number of amidine groups is 1. The van der Waals surface area contributed by atoms with E-state index in [0.29, 0.717) is 25.9 Å². The number of nitrogens with zero attached hydrogens (tertiary/aromatic N) is 3. The summed E-state index contributed by atoms with van der Waals surface area (Å²) in [6.45, 7) is 5.09. The van der Waals surface area contributed by atoms with Crippen LogP contribution in [0.1, 0.15) is 84.5 Å². The van der Waals surface area contributed by atoms with E-state index in [2.05, 4.69) is 5.32 Å². The van der Waals surface area contributed by atoms with Gasteiger partial charge in [0.15, 0.2) is 0 Å². The Bertz CT molecular complexity index is 921. The molecule has 2 aliphatic heterocycles. The van der Waals surface area contributed by atoms with Crippen LogP contribution >= 0.6 is 11.6 Å². The summed E-state index contributed by atoms with van der Waals surface area (Å²) in [7, 11) is 1.75. The molecule has 0 bridgehead atoms. The molecule has 5 unspecified atom stereocenters. The number of ether oxygens (including phenoxy) is 2. The van der Waals surface area contributed by atoms with E-state index >= 15 is 0 Å². The van der Waals surface area contributed by atoms with Crippen molar-refractivity contribution in [2.75, 3.05) is 26.7 Å². The lowest BCUT2D eigenvalue weighted by Crippen LogP contribution is -2.60. The number of halogens is 2. The van der Waals surface area contributed by atoms with E-state index < -0.39 is 6.17 Å². The van der Waals surface area contributed by atoms with E-state index in [1.54, 1.807) is 12.0 Å². The standard InChI is InChI=1S/C30H48ClFN4O4/c1-18(2)40-25-16-23(39-3)12-13-24(25)29-34-27(19-6-10-22(32)11-7-19)28(20-4-8-21(31)9-5-20)36(29)30(38)35-15-14-33-26(37)17-35/h18-25,27-28H,4-17H2,1-3H3,(H,33,37). The molecule has 2 heterocycles. The van der Waals surface area contributed by atoms with Gasteiger partial charge in [0, 0.05) is 37.9 Å². The number of urea groups is 1. The molecule has 5 atom stereocenters. The van der Waals surface area contributed by atoms with Gasteiger partial charge in [-0.1, -0.05) is 0 Å². The number of rotatable bonds is 6. The molecule has 226 valence electrons. The third-order valence-electron chi connectivity index (χ3n) is 9.92. The molecule has 3 aliphatic carbocycles. The van der Waals surface area contributed by atoms with Crippen LogP contribution in [0.3, 0.4) is 0 Å². The zero-order chi connectivity index (χ0) is 28.4. The van der Waals surface area contributed by atoms with E-state index in [4.69, 9.17) is 26.1 Å². The highest BCUT2D eigenvalue weighted by molar-refractivity contribution is 6.20. The first-order chi connectivity index (χ1) is 19.2. The first kappa shape index (κ1) is 30.0. The maximum Gasteiger partial charge on any atom is 0.326 e. The Morgan fingerprint density at radius 1 is 1.05 bits per heavy atom. The van der Waals surface area contributed by atoms with E-state index in [1.807, 2.05) is 18.7 Å². The molecule has 5 aliphatic rings. The van der Waals surface area contributed by atoms with Gasteiger partial charge in [-0.15, -0.1) is 11.6 Å². The number of carbonyl (C=O) groups is 2. The first-order valence-corrected chi connectivity index (χ1v) is 16.1. The summed E-state index contributed by atoms with van der Waals surface area (Å²) in [5, 5.41) is 3.02. The summed E-state index contributed by atoms with van der Waals surface area (Å²) in [6.07, 6.45) is 8.20. The molecule has 40 heavy (non-hydrogen) atoms. The van der Waals surface area contributed by atoms with E-state index in [1.165, 1.54) is 0 Å². The smallest absolute Gasteiger partial charge is 0.326 e.